The van der Waals surface area contributed by atoms with Gasteiger partial charge in [-0.15, -0.1) is 0 Å². The number of nitrogens with zero attached hydrogens (tertiary/aromatic N) is 4. The molecule has 0 fully saturated rings. The van der Waals surface area contributed by atoms with Crippen molar-refractivity contribution in [1.29, 1.82) is 15.8 Å². The van der Waals surface area contributed by atoms with Gasteiger partial charge in [0.1, 0.15) is 17.7 Å². The van der Waals surface area contributed by atoms with Gasteiger partial charge in [0.2, 0.25) is 0 Å². The maximum absolute atomic E-state index is 8.90. The molecule has 0 aliphatic rings. The summed E-state index contributed by atoms with van der Waals surface area (Å²) in [6.45, 7) is 11.1. The van der Waals surface area contributed by atoms with Crippen LogP contribution in [-0.4, -0.2) is 0 Å². The van der Waals surface area contributed by atoms with Gasteiger partial charge in [0, 0.05) is 0 Å². The topological polar surface area (TPSA) is 75.7 Å². The van der Waals surface area contributed by atoms with Gasteiger partial charge in [-0.3, -0.25) is 0 Å². The van der Waals surface area contributed by atoms with Crippen LogP contribution in [0.25, 0.3) is 41.3 Å². The quantitative estimate of drug-likeness (QED) is 0.212. The van der Waals surface area contributed by atoms with Gasteiger partial charge < -0.3 is 0 Å². The number of aryl methyl sites for hydroxylation is 2. The minimum absolute atomic E-state index is 0.0671. The van der Waals surface area contributed by atoms with Gasteiger partial charge in [-0.1, -0.05) is 85.0 Å². The molecule has 0 aliphatic carbocycles. The molecule has 3 aromatic carbocycles. The van der Waals surface area contributed by atoms with Crippen molar-refractivity contribution in [3.8, 4) is 18.2 Å². The summed E-state index contributed by atoms with van der Waals surface area (Å²) in [5.74, 6) is 0. The molecule has 0 aromatic heterocycles. The molecular weight excluding hydrogens is 440 g/mol. The number of rotatable bonds is 6. The average molecular weight is 463 g/mol. The van der Waals surface area contributed by atoms with Crippen molar-refractivity contribution in [2.45, 2.75) is 13.8 Å². The third-order valence-electron chi connectivity index (χ3n) is 5.53. The lowest BCUT2D eigenvalue weighted by Crippen LogP contribution is -1.88. The summed E-state index contributed by atoms with van der Waals surface area (Å²) in [6, 6.07) is 25.3. The van der Waals surface area contributed by atoms with Crippen LogP contribution >= 0.6 is 0 Å². The fourth-order valence-electron chi connectivity index (χ4n) is 3.50. The predicted octanol–water partition coefficient (Wildman–Crippen LogP) is 7.86. The van der Waals surface area contributed by atoms with Crippen molar-refractivity contribution in [1.82, 2.24) is 0 Å². The Bertz CT molecular complexity index is 1400. The van der Waals surface area contributed by atoms with Crippen molar-refractivity contribution in [3.63, 3.8) is 0 Å². The van der Waals surface area contributed by atoms with E-state index in [9.17, 15) is 0 Å². The summed E-state index contributed by atoms with van der Waals surface area (Å²) in [6.07, 6.45) is 11.4. The highest BCUT2D eigenvalue weighted by molar-refractivity contribution is 5.76. The average Bonchev–Trinajstić information content (AvgIpc) is 2.91. The first-order valence-corrected chi connectivity index (χ1v) is 11.1. The molecule has 0 saturated heterocycles. The smallest absolute Gasteiger partial charge is 0.227 e. The van der Waals surface area contributed by atoms with Crippen LogP contribution in [0.3, 0.4) is 0 Å². The Morgan fingerprint density at radius 2 is 1.06 bits per heavy atom. The lowest BCUT2D eigenvalue weighted by atomic mass is 9.98. The van der Waals surface area contributed by atoms with Crippen LogP contribution in [0.1, 0.15) is 44.5 Å². The summed E-state index contributed by atoms with van der Waals surface area (Å²) in [5, 5.41) is 26.7. The van der Waals surface area contributed by atoms with E-state index in [0.29, 0.717) is 0 Å². The highest BCUT2D eigenvalue weighted by Crippen LogP contribution is 2.21. The van der Waals surface area contributed by atoms with Gasteiger partial charge in [-0.25, -0.2) is 10.1 Å². The fraction of sp³-hybridized carbons (Fsp3) is 0.0625. The van der Waals surface area contributed by atoms with Gasteiger partial charge in [-0.2, -0.15) is 10.5 Å². The summed E-state index contributed by atoms with van der Waals surface area (Å²) >= 11 is 0. The summed E-state index contributed by atoms with van der Waals surface area (Å²) in [4.78, 5) is 3.18. The van der Waals surface area contributed by atoms with E-state index in [4.69, 9.17) is 22.4 Å². The van der Waals surface area contributed by atoms with E-state index in [-0.39, 0.29) is 11.3 Å². The van der Waals surface area contributed by atoms with E-state index in [1.807, 2.05) is 78.9 Å². The SMILES string of the molecule is [C-]#[N+]/C(C#N)=C/c1ccc(/C=C/c2cc(C)c(/C=C/c3ccc(C=C(C#N)C#N)cc3)cc2C)cc1. The van der Waals surface area contributed by atoms with E-state index in [1.54, 1.807) is 12.2 Å². The Morgan fingerprint density at radius 1 is 0.639 bits per heavy atom. The van der Waals surface area contributed by atoms with Gasteiger partial charge >= 0.3 is 0 Å². The lowest BCUT2D eigenvalue weighted by Gasteiger charge is -2.07. The Hall–Kier alpha value is -5.42. The van der Waals surface area contributed by atoms with Crippen LogP contribution in [0.4, 0.5) is 0 Å². The number of allylic oxidation sites excluding steroid dienone is 2. The molecule has 0 aliphatic heterocycles. The maximum Gasteiger partial charge on any atom is 0.262 e. The first-order chi connectivity index (χ1) is 17.4. The zero-order chi connectivity index (χ0) is 25.9. The molecule has 0 saturated carbocycles. The van der Waals surface area contributed by atoms with E-state index in [2.05, 4.69) is 43.0 Å². The van der Waals surface area contributed by atoms with E-state index >= 15 is 0 Å². The second-order valence-electron chi connectivity index (χ2n) is 8.10. The molecule has 4 nitrogen and oxygen atoms in total. The third-order valence-corrected chi connectivity index (χ3v) is 5.53. The fourth-order valence-corrected chi connectivity index (χ4v) is 3.50. The third kappa shape index (κ3) is 6.79. The van der Waals surface area contributed by atoms with Gasteiger partial charge in [-0.05, 0) is 70.5 Å². The zero-order valence-corrected chi connectivity index (χ0v) is 20.0. The molecule has 0 amide bonds. The van der Waals surface area contributed by atoms with Gasteiger partial charge in [0.15, 0.2) is 0 Å². The monoisotopic (exact) mass is 462 g/mol. The standard InChI is InChI=1S/C32H22N4/c1-23-17-31(15-13-26-6-10-28(11-7-26)19-32(22-35)36-3)24(2)16-30(23)14-12-25-4-8-27(9-5-25)18-29(20-33)21-34/h4-19H,1-2H3/b14-12+,15-13+,32-19+. The van der Waals surface area contributed by atoms with Crippen molar-refractivity contribution in [2.24, 2.45) is 0 Å². The van der Waals surface area contributed by atoms with E-state index in [1.165, 1.54) is 0 Å². The van der Waals surface area contributed by atoms with Crippen LogP contribution in [0.2, 0.25) is 0 Å². The molecule has 36 heavy (non-hydrogen) atoms. The summed E-state index contributed by atoms with van der Waals surface area (Å²) in [7, 11) is 0. The maximum atomic E-state index is 8.90. The molecule has 0 unspecified atom stereocenters. The minimum atomic E-state index is 0.0671. The second kappa shape index (κ2) is 12.2. The summed E-state index contributed by atoms with van der Waals surface area (Å²) < 4.78 is 0. The van der Waals surface area contributed by atoms with E-state index < -0.39 is 0 Å². The highest BCUT2D eigenvalue weighted by Gasteiger charge is 2.02. The normalized spacial score (nSPS) is 10.9. The first-order valence-electron chi connectivity index (χ1n) is 11.1. The first kappa shape index (κ1) is 25.2. The second-order valence-corrected chi connectivity index (χ2v) is 8.10. The molecule has 3 aromatic rings. The highest BCUT2D eigenvalue weighted by atomic mass is 14.7. The Balaban J connectivity index is 1.74. The van der Waals surface area contributed by atoms with Crippen molar-refractivity contribution >= 4 is 36.5 Å². The largest absolute Gasteiger partial charge is 0.262 e. The van der Waals surface area contributed by atoms with E-state index in [0.717, 1.165) is 44.5 Å². The molecule has 170 valence electrons. The predicted molar refractivity (Wildman–Crippen MR) is 146 cm³/mol. The van der Waals surface area contributed by atoms with Gasteiger partial charge in [0.05, 0.1) is 12.6 Å². The number of nitriles is 3. The van der Waals surface area contributed by atoms with Crippen molar-refractivity contribution < 1.29 is 0 Å². The molecule has 0 spiro atoms. The molecule has 0 heterocycles. The van der Waals surface area contributed by atoms with Crippen LogP contribution in [-0.2, 0) is 0 Å². The Kier molecular flexibility index (Phi) is 8.51. The number of hydrogen-bond donors (Lipinski definition) is 0. The number of hydrogen-bond acceptors (Lipinski definition) is 3. The van der Waals surface area contributed by atoms with Crippen LogP contribution < -0.4 is 0 Å². The molecule has 0 N–H and O–H groups in total. The molecule has 0 bridgehead atoms. The van der Waals surface area contributed by atoms with Crippen LogP contribution in [0.15, 0.2) is 71.9 Å². The molecule has 3 rings (SSSR count). The van der Waals surface area contributed by atoms with Crippen molar-refractivity contribution in [3.05, 3.63) is 128 Å². The molecule has 0 atom stereocenters. The van der Waals surface area contributed by atoms with Crippen LogP contribution in [0.5, 0.6) is 0 Å². The molecular formula is C32H22N4. The number of benzene rings is 3. The molecule has 0 radical (unpaired) electrons. The van der Waals surface area contributed by atoms with Crippen LogP contribution in [0, 0.1) is 54.4 Å². The summed E-state index contributed by atoms with van der Waals surface area (Å²) in [5.41, 5.74) is 8.43. The Morgan fingerprint density at radius 3 is 1.44 bits per heavy atom. The van der Waals surface area contributed by atoms with Crippen molar-refractivity contribution in [2.75, 3.05) is 0 Å². The molecule has 4 heteroatoms. The zero-order valence-electron chi connectivity index (χ0n) is 20.0. The minimum Gasteiger partial charge on any atom is -0.227 e. The lowest BCUT2D eigenvalue weighted by molar-refractivity contribution is 1.36. The van der Waals surface area contributed by atoms with Gasteiger partial charge in [0.25, 0.3) is 5.70 Å². The Labute approximate surface area is 212 Å².